The molecule has 0 amide bonds. The molecule has 0 saturated carbocycles. The Morgan fingerprint density at radius 2 is 2.18 bits per heavy atom. The molecule has 0 aromatic carbocycles. The van der Waals surface area contributed by atoms with Crippen molar-refractivity contribution < 1.29 is 23.1 Å². The predicted octanol–water partition coefficient (Wildman–Crippen LogP) is -0.335. The Kier molecular flexibility index (Phi) is 2.56. The van der Waals surface area contributed by atoms with Gasteiger partial charge in [-0.2, -0.15) is 18.3 Å². The van der Waals surface area contributed by atoms with Crippen LogP contribution in [0.15, 0.2) is 6.20 Å². The van der Waals surface area contributed by atoms with E-state index in [9.17, 15) is 23.1 Å². The third-order valence-electron chi connectivity index (χ3n) is 2.39. The molecule has 0 unspecified atom stereocenters. The molecule has 0 spiro atoms. The van der Waals surface area contributed by atoms with Crippen molar-refractivity contribution in [1.29, 1.82) is 0 Å². The van der Waals surface area contributed by atoms with Gasteiger partial charge in [0.05, 0.1) is 11.7 Å². The summed E-state index contributed by atoms with van der Waals surface area (Å²) in [4.78, 5) is 10.8. The molecule has 0 radical (unpaired) electrons. The molecule has 1 aliphatic heterocycles. The van der Waals surface area contributed by atoms with E-state index in [2.05, 4.69) is 10.4 Å². The fourth-order valence-electron chi connectivity index (χ4n) is 1.66. The van der Waals surface area contributed by atoms with E-state index in [4.69, 9.17) is 0 Å². The highest BCUT2D eigenvalue weighted by Gasteiger charge is 2.37. The summed E-state index contributed by atoms with van der Waals surface area (Å²) in [6, 6.07) is 0. The molecule has 0 fully saturated rings. The zero-order valence-electron chi connectivity index (χ0n) is 8.39. The third kappa shape index (κ3) is 1.97. The Bertz CT molecular complexity index is 490. The molecule has 5 nitrogen and oxygen atoms in total. The fraction of sp³-hybridized carbons (Fsp3) is 0.333. The molecule has 0 aliphatic carbocycles. The number of carboxylic acids is 1. The van der Waals surface area contributed by atoms with Crippen molar-refractivity contribution in [3.63, 3.8) is 0 Å². The number of H-pyrrole nitrogens is 1. The standard InChI is InChI=1S/C9H8F3N3O2/c10-9(11,12)7-4-1-2-13-3-5(8(16)17)6(4)14-15-7/h3,13H,1-2H2,(H,14,15)(H,16,17)/p-1. The van der Waals surface area contributed by atoms with Crippen molar-refractivity contribution in [3.05, 3.63) is 23.2 Å². The largest absolute Gasteiger partial charge is 0.545 e. The molecule has 1 aliphatic rings. The Labute approximate surface area is 93.3 Å². The minimum Gasteiger partial charge on any atom is -0.545 e. The van der Waals surface area contributed by atoms with E-state index >= 15 is 0 Å². The van der Waals surface area contributed by atoms with Crippen LogP contribution in [0, 0.1) is 0 Å². The second-order valence-electron chi connectivity index (χ2n) is 3.47. The molecular weight excluding hydrogens is 239 g/mol. The number of hydrogen-bond donors (Lipinski definition) is 2. The first kappa shape index (κ1) is 11.5. The second-order valence-corrected chi connectivity index (χ2v) is 3.47. The third-order valence-corrected chi connectivity index (χ3v) is 2.39. The van der Waals surface area contributed by atoms with Crippen LogP contribution in [-0.4, -0.2) is 22.7 Å². The Balaban J connectivity index is 2.56. The lowest BCUT2D eigenvalue weighted by Crippen LogP contribution is -2.24. The quantitative estimate of drug-likeness (QED) is 0.710. The van der Waals surface area contributed by atoms with Crippen LogP contribution >= 0.6 is 0 Å². The monoisotopic (exact) mass is 246 g/mol. The SMILES string of the molecule is O=C([O-])C1=CNCCc2c1n[nH]c2C(F)(F)F. The van der Waals surface area contributed by atoms with Crippen LogP contribution in [0.4, 0.5) is 13.2 Å². The van der Waals surface area contributed by atoms with E-state index in [0.29, 0.717) is 0 Å². The lowest BCUT2D eigenvalue weighted by atomic mass is 10.1. The van der Waals surface area contributed by atoms with Crippen molar-refractivity contribution >= 4 is 11.5 Å². The summed E-state index contributed by atoms with van der Waals surface area (Å²) in [5.41, 5.74) is -1.77. The molecule has 1 aromatic rings. The molecule has 17 heavy (non-hydrogen) atoms. The van der Waals surface area contributed by atoms with Crippen LogP contribution < -0.4 is 10.4 Å². The minimum atomic E-state index is -4.58. The van der Waals surface area contributed by atoms with Gasteiger partial charge in [0.2, 0.25) is 0 Å². The normalized spacial score (nSPS) is 15.6. The summed E-state index contributed by atoms with van der Waals surface area (Å²) in [5.74, 6) is -1.57. The van der Waals surface area contributed by atoms with Gasteiger partial charge >= 0.3 is 6.18 Å². The van der Waals surface area contributed by atoms with Gasteiger partial charge in [0, 0.05) is 23.9 Å². The minimum absolute atomic E-state index is 0.0357. The summed E-state index contributed by atoms with van der Waals surface area (Å²) >= 11 is 0. The van der Waals surface area contributed by atoms with Crippen molar-refractivity contribution in [1.82, 2.24) is 15.5 Å². The number of carbonyl (C=O) groups is 1. The molecule has 0 saturated heterocycles. The number of hydrogen-bond acceptors (Lipinski definition) is 4. The van der Waals surface area contributed by atoms with E-state index < -0.39 is 17.8 Å². The van der Waals surface area contributed by atoms with E-state index in [1.807, 2.05) is 5.10 Å². The second kappa shape index (κ2) is 3.79. The Morgan fingerprint density at radius 3 is 2.76 bits per heavy atom. The predicted molar refractivity (Wildman–Crippen MR) is 48.3 cm³/mol. The highest BCUT2D eigenvalue weighted by molar-refractivity contribution is 6.14. The van der Waals surface area contributed by atoms with E-state index in [1.54, 1.807) is 0 Å². The van der Waals surface area contributed by atoms with Crippen LogP contribution in [-0.2, 0) is 17.4 Å². The number of carbonyl (C=O) groups excluding carboxylic acids is 1. The maximum atomic E-state index is 12.6. The zero-order chi connectivity index (χ0) is 12.6. The number of fused-ring (bicyclic) bond motifs is 1. The average Bonchev–Trinajstić information content (AvgIpc) is 2.51. The number of aromatic nitrogens is 2. The van der Waals surface area contributed by atoms with Gasteiger partial charge in [-0.15, -0.1) is 0 Å². The Morgan fingerprint density at radius 1 is 1.47 bits per heavy atom. The molecule has 2 heterocycles. The number of carboxylic acid groups (broad SMARTS) is 1. The van der Waals surface area contributed by atoms with Crippen LogP contribution in [0.2, 0.25) is 0 Å². The topological polar surface area (TPSA) is 80.8 Å². The van der Waals surface area contributed by atoms with Gasteiger partial charge in [-0.3, -0.25) is 5.10 Å². The molecule has 0 atom stereocenters. The van der Waals surface area contributed by atoms with Crippen molar-refractivity contribution in [2.24, 2.45) is 0 Å². The van der Waals surface area contributed by atoms with Crippen LogP contribution in [0.1, 0.15) is 17.0 Å². The smallest absolute Gasteiger partial charge is 0.433 e. The first-order valence-corrected chi connectivity index (χ1v) is 4.71. The van der Waals surface area contributed by atoms with Gasteiger partial charge in [-0.1, -0.05) is 0 Å². The van der Waals surface area contributed by atoms with Gasteiger partial charge in [0.15, 0.2) is 0 Å². The number of nitrogens with one attached hydrogen (secondary N) is 2. The maximum Gasteiger partial charge on any atom is 0.433 e. The summed E-state index contributed by atoms with van der Waals surface area (Å²) in [6.45, 7) is 0.201. The van der Waals surface area contributed by atoms with Gasteiger partial charge in [0.25, 0.3) is 0 Å². The molecule has 0 bridgehead atoms. The van der Waals surface area contributed by atoms with Crippen LogP contribution in [0.25, 0.3) is 5.57 Å². The summed E-state index contributed by atoms with van der Waals surface area (Å²) in [5, 5.41) is 18.6. The number of halogens is 3. The van der Waals surface area contributed by atoms with Crippen LogP contribution in [0.3, 0.4) is 0 Å². The average molecular weight is 246 g/mol. The first-order chi connectivity index (χ1) is 7.91. The summed E-state index contributed by atoms with van der Waals surface area (Å²) in [6.07, 6.45) is -3.45. The van der Waals surface area contributed by atoms with Gasteiger partial charge in [-0.25, -0.2) is 0 Å². The number of alkyl halides is 3. The summed E-state index contributed by atoms with van der Waals surface area (Å²) in [7, 11) is 0. The van der Waals surface area contributed by atoms with E-state index in [1.165, 1.54) is 0 Å². The van der Waals surface area contributed by atoms with Gasteiger partial charge in [0.1, 0.15) is 5.69 Å². The number of rotatable bonds is 1. The van der Waals surface area contributed by atoms with Gasteiger partial charge < -0.3 is 15.2 Å². The van der Waals surface area contributed by atoms with Crippen molar-refractivity contribution in [2.45, 2.75) is 12.6 Å². The molecule has 8 heteroatoms. The number of aliphatic carboxylic acids is 1. The van der Waals surface area contributed by atoms with Crippen LogP contribution in [0.5, 0.6) is 0 Å². The van der Waals surface area contributed by atoms with Crippen molar-refractivity contribution in [2.75, 3.05) is 6.54 Å². The lowest BCUT2D eigenvalue weighted by molar-refractivity contribution is -0.295. The molecular formula is C9H7F3N3O2-. The molecule has 2 rings (SSSR count). The highest BCUT2D eigenvalue weighted by atomic mass is 19.4. The highest BCUT2D eigenvalue weighted by Crippen LogP contribution is 2.34. The number of nitrogens with zero attached hydrogens (tertiary/aromatic N) is 1. The lowest BCUT2D eigenvalue weighted by Gasteiger charge is -2.07. The first-order valence-electron chi connectivity index (χ1n) is 4.71. The molecule has 2 N–H and O–H groups in total. The van der Waals surface area contributed by atoms with Crippen molar-refractivity contribution in [3.8, 4) is 0 Å². The zero-order valence-corrected chi connectivity index (χ0v) is 8.39. The summed E-state index contributed by atoms with van der Waals surface area (Å²) < 4.78 is 37.8. The van der Waals surface area contributed by atoms with E-state index in [0.717, 1.165) is 6.20 Å². The molecule has 1 aromatic heterocycles. The van der Waals surface area contributed by atoms with E-state index in [-0.39, 0.29) is 29.8 Å². The number of aromatic amines is 1. The maximum absolute atomic E-state index is 12.6. The fourth-order valence-corrected chi connectivity index (χ4v) is 1.66. The molecule has 92 valence electrons. The van der Waals surface area contributed by atoms with Gasteiger partial charge in [-0.05, 0) is 6.42 Å². The Hall–Kier alpha value is -1.99.